The van der Waals surface area contributed by atoms with Gasteiger partial charge < -0.3 is 21.3 Å². The number of para-hydroxylation sites is 1. The van der Waals surface area contributed by atoms with Crippen LogP contribution in [0, 0.1) is 27.7 Å². The Morgan fingerprint density at radius 2 is 1.34 bits per heavy atom. The lowest BCUT2D eigenvalue weighted by atomic mass is 9.94. The lowest BCUT2D eigenvalue weighted by Gasteiger charge is -2.31. The Morgan fingerprint density at radius 3 is 1.85 bits per heavy atom. The lowest BCUT2D eigenvalue weighted by molar-refractivity contribution is -0.122. The summed E-state index contributed by atoms with van der Waals surface area (Å²) in [5.41, 5.74) is 14.1. The van der Waals surface area contributed by atoms with E-state index < -0.39 is 6.04 Å². The van der Waals surface area contributed by atoms with E-state index in [1.165, 1.54) is 5.56 Å². The number of carbonyl (C=O) groups is 2. The van der Waals surface area contributed by atoms with Gasteiger partial charge in [0, 0.05) is 29.9 Å². The first-order valence-corrected chi connectivity index (χ1v) is 16.2. The summed E-state index contributed by atoms with van der Waals surface area (Å²) in [6.45, 7) is 11.2. The molecule has 4 aromatic rings. The summed E-state index contributed by atoms with van der Waals surface area (Å²) in [5, 5.41) is 5.98. The number of hydrogen-bond donors (Lipinski definition) is 3. The van der Waals surface area contributed by atoms with Gasteiger partial charge in [-0.1, -0.05) is 97.1 Å². The number of carbonyl (C=O) groups excluding carboxylic acids is 2. The second kappa shape index (κ2) is 17.1. The van der Waals surface area contributed by atoms with Gasteiger partial charge in [0.05, 0.1) is 13.1 Å². The van der Waals surface area contributed by atoms with Crippen molar-refractivity contribution in [1.29, 1.82) is 0 Å². The SMILES string of the molecule is Cc1cccc(C)c1C(C(N)=O)N1CCN=C1c1ccccc1.Cc1cccc(C)c1NC(=O)CCl.c1ccc(C2=NCCN2)cc1. The number of alkyl halides is 1. The number of amides is 2. The van der Waals surface area contributed by atoms with Crippen molar-refractivity contribution in [1.82, 2.24) is 10.2 Å². The molecule has 47 heavy (non-hydrogen) atoms. The maximum atomic E-state index is 12.3. The van der Waals surface area contributed by atoms with Crippen molar-refractivity contribution in [2.75, 3.05) is 37.4 Å². The van der Waals surface area contributed by atoms with Crippen molar-refractivity contribution in [3.63, 3.8) is 0 Å². The molecule has 1 unspecified atom stereocenters. The van der Waals surface area contributed by atoms with Crippen LogP contribution in [0.2, 0.25) is 0 Å². The van der Waals surface area contributed by atoms with Crippen LogP contribution in [0.25, 0.3) is 0 Å². The molecule has 0 fully saturated rings. The number of nitrogens with two attached hydrogens (primary N) is 1. The van der Waals surface area contributed by atoms with Gasteiger partial charge in [0.25, 0.3) is 0 Å². The fourth-order valence-corrected chi connectivity index (χ4v) is 5.70. The van der Waals surface area contributed by atoms with E-state index in [1.54, 1.807) is 0 Å². The van der Waals surface area contributed by atoms with E-state index >= 15 is 0 Å². The van der Waals surface area contributed by atoms with Crippen molar-refractivity contribution in [3.05, 3.63) is 136 Å². The Balaban J connectivity index is 0.000000176. The second-order valence-corrected chi connectivity index (χ2v) is 11.6. The monoisotopic (exact) mass is 650 g/mol. The van der Waals surface area contributed by atoms with Crippen LogP contribution in [0.4, 0.5) is 5.69 Å². The number of benzene rings is 4. The highest BCUT2D eigenvalue weighted by atomic mass is 35.5. The highest BCUT2D eigenvalue weighted by Gasteiger charge is 2.33. The molecule has 244 valence electrons. The largest absolute Gasteiger partial charge is 0.368 e. The number of hydrogen-bond acceptors (Lipinski definition) is 6. The number of aliphatic imine (C=N–C) groups is 2. The molecule has 2 aliphatic heterocycles. The predicted octanol–water partition coefficient (Wildman–Crippen LogP) is 6.11. The Morgan fingerprint density at radius 1 is 0.787 bits per heavy atom. The molecule has 9 heteroatoms. The average Bonchev–Trinajstić information content (AvgIpc) is 3.79. The molecule has 2 amide bonds. The second-order valence-electron chi connectivity index (χ2n) is 11.3. The number of amidine groups is 2. The number of anilines is 1. The fourth-order valence-electron chi connectivity index (χ4n) is 5.64. The zero-order chi connectivity index (χ0) is 33.8. The first-order valence-electron chi connectivity index (χ1n) is 15.7. The topological polar surface area (TPSA) is 112 Å². The van der Waals surface area contributed by atoms with Crippen LogP contribution in [0.3, 0.4) is 0 Å². The summed E-state index contributed by atoms with van der Waals surface area (Å²) >= 11 is 5.39. The van der Waals surface area contributed by atoms with Crippen molar-refractivity contribution < 1.29 is 9.59 Å². The minimum atomic E-state index is -0.488. The molecule has 8 nitrogen and oxygen atoms in total. The third kappa shape index (κ3) is 9.30. The zero-order valence-electron chi connectivity index (χ0n) is 27.5. The Hall–Kier alpha value is -4.95. The summed E-state index contributed by atoms with van der Waals surface area (Å²) in [4.78, 5) is 34.3. The molecule has 2 heterocycles. The molecule has 0 saturated carbocycles. The Kier molecular flexibility index (Phi) is 12.7. The fraction of sp³-hybridized carbons (Fsp3) is 0.263. The highest BCUT2D eigenvalue weighted by Crippen LogP contribution is 2.30. The molecule has 0 aliphatic carbocycles. The van der Waals surface area contributed by atoms with Crippen LogP contribution < -0.4 is 16.4 Å². The number of halogens is 1. The highest BCUT2D eigenvalue weighted by molar-refractivity contribution is 6.29. The zero-order valence-corrected chi connectivity index (χ0v) is 28.2. The third-order valence-corrected chi connectivity index (χ3v) is 8.13. The molecule has 4 N–H and O–H groups in total. The van der Waals surface area contributed by atoms with E-state index in [0.717, 1.165) is 63.8 Å². The minimum absolute atomic E-state index is 0.00618. The summed E-state index contributed by atoms with van der Waals surface area (Å²) in [6, 6.07) is 31.6. The van der Waals surface area contributed by atoms with Crippen LogP contribution in [0.15, 0.2) is 107 Å². The molecule has 0 spiro atoms. The van der Waals surface area contributed by atoms with E-state index in [2.05, 4.69) is 32.8 Å². The van der Waals surface area contributed by atoms with Crippen molar-refractivity contribution in [2.24, 2.45) is 15.7 Å². The van der Waals surface area contributed by atoms with Gasteiger partial charge in [0.15, 0.2) is 0 Å². The summed E-state index contributed by atoms with van der Waals surface area (Å²) < 4.78 is 0. The van der Waals surface area contributed by atoms with Crippen LogP contribution in [0.1, 0.15) is 45.0 Å². The standard InChI is InChI=1S/C19H21N3O.C10H12ClNO.C9H10N2/c1-13-7-6-8-14(2)16(13)17(18(20)23)22-12-11-21-19(22)15-9-4-3-5-10-15;1-7-4-3-5-8(2)10(7)12-9(13)6-11;1-2-4-8(5-3-1)9-10-6-7-11-9/h3-10,17H,11-12H2,1-2H3,(H2,20,23);3-5H,6H2,1-2H3,(H,12,13);1-5H,6-7H2,(H,10,11). The molecule has 0 bridgehead atoms. The molecular weight excluding hydrogens is 608 g/mol. The first kappa shape index (κ1) is 34.9. The first-order chi connectivity index (χ1) is 22.7. The molecule has 0 aromatic heterocycles. The maximum absolute atomic E-state index is 12.3. The number of rotatable bonds is 7. The predicted molar refractivity (Wildman–Crippen MR) is 194 cm³/mol. The minimum Gasteiger partial charge on any atom is -0.368 e. The van der Waals surface area contributed by atoms with E-state index in [4.69, 9.17) is 17.3 Å². The van der Waals surface area contributed by atoms with Gasteiger partial charge in [0.1, 0.15) is 23.6 Å². The molecule has 0 saturated heterocycles. The number of aryl methyl sites for hydroxylation is 4. The van der Waals surface area contributed by atoms with Crippen LogP contribution in [-0.2, 0) is 9.59 Å². The van der Waals surface area contributed by atoms with Gasteiger partial charge >= 0.3 is 0 Å². The van der Waals surface area contributed by atoms with Crippen molar-refractivity contribution in [3.8, 4) is 0 Å². The van der Waals surface area contributed by atoms with E-state index in [0.29, 0.717) is 13.1 Å². The summed E-state index contributed by atoms with van der Waals surface area (Å²) in [6.07, 6.45) is 0. The lowest BCUT2D eigenvalue weighted by Crippen LogP contribution is -2.41. The van der Waals surface area contributed by atoms with Crippen molar-refractivity contribution in [2.45, 2.75) is 33.7 Å². The van der Waals surface area contributed by atoms with Crippen LogP contribution in [0.5, 0.6) is 0 Å². The normalized spacial score (nSPS) is 13.9. The molecule has 6 rings (SSSR count). The van der Waals surface area contributed by atoms with E-state index in [9.17, 15) is 9.59 Å². The van der Waals surface area contributed by atoms with Crippen molar-refractivity contribution >= 4 is 40.8 Å². The summed E-state index contributed by atoms with van der Waals surface area (Å²) in [7, 11) is 0. The number of nitrogens with one attached hydrogen (secondary N) is 2. The Labute approximate surface area is 282 Å². The van der Waals surface area contributed by atoms with Gasteiger partial charge in [0.2, 0.25) is 11.8 Å². The molecule has 0 radical (unpaired) electrons. The van der Waals surface area contributed by atoms with Gasteiger partial charge in [-0.2, -0.15) is 0 Å². The average molecular weight is 651 g/mol. The van der Waals surface area contributed by atoms with E-state index in [-0.39, 0.29) is 17.7 Å². The van der Waals surface area contributed by atoms with E-state index in [1.807, 2.05) is 118 Å². The van der Waals surface area contributed by atoms with Gasteiger partial charge in [-0.05, 0) is 55.5 Å². The third-order valence-electron chi connectivity index (χ3n) is 7.89. The van der Waals surface area contributed by atoms with Crippen LogP contribution >= 0.6 is 11.6 Å². The molecule has 1 atom stereocenters. The molecule has 4 aromatic carbocycles. The number of nitrogens with zero attached hydrogens (tertiary/aromatic N) is 3. The Bertz CT molecular complexity index is 1680. The molecular formula is C38H43ClN6O2. The van der Waals surface area contributed by atoms with Gasteiger partial charge in [-0.15, -0.1) is 11.6 Å². The van der Waals surface area contributed by atoms with Gasteiger partial charge in [-0.3, -0.25) is 19.6 Å². The van der Waals surface area contributed by atoms with Crippen LogP contribution in [-0.4, -0.2) is 60.4 Å². The van der Waals surface area contributed by atoms with Gasteiger partial charge in [-0.25, -0.2) is 0 Å². The maximum Gasteiger partial charge on any atom is 0.244 e. The number of primary amides is 1. The summed E-state index contributed by atoms with van der Waals surface area (Å²) in [5.74, 6) is 1.36. The molecule has 2 aliphatic rings. The quantitative estimate of drug-likeness (QED) is 0.210. The smallest absolute Gasteiger partial charge is 0.244 e.